The van der Waals surface area contributed by atoms with Crippen LogP contribution >= 0.6 is 0 Å². The van der Waals surface area contributed by atoms with Gasteiger partial charge in [0, 0.05) is 22.7 Å². The van der Waals surface area contributed by atoms with E-state index in [-0.39, 0.29) is 5.69 Å². The number of halogens is 7. The Balaban J connectivity index is 1.96. The second-order valence-electron chi connectivity index (χ2n) is 7.29. The summed E-state index contributed by atoms with van der Waals surface area (Å²) in [4.78, 5) is 24.6. The Bertz CT molecular complexity index is 1330. The van der Waals surface area contributed by atoms with Crippen LogP contribution in [0.4, 0.5) is 53.5 Å². The SMILES string of the molecule is Cc1cc(NC(=O)c2c(F)c(F)c(C(=O)Nc3ccc(N)c(C(F)(F)F)c3)c(F)c2F)ccc1N. The van der Waals surface area contributed by atoms with E-state index in [1.807, 2.05) is 5.32 Å². The molecule has 6 N–H and O–H groups in total. The van der Waals surface area contributed by atoms with Crippen LogP contribution in [0, 0.1) is 30.2 Å². The smallest absolute Gasteiger partial charge is 0.399 e. The fourth-order valence-electron chi connectivity index (χ4n) is 3.05. The molecule has 2 amide bonds. The summed E-state index contributed by atoms with van der Waals surface area (Å²) in [5, 5.41) is 3.76. The number of benzene rings is 3. The maximum absolute atomic E-state index is 14.6. The standard InChI is InChI=1S/C22H15F7N4O2/c1-8-6-9(2-4-12(8)30)32-20(34)14-16(23)18(25)15(19(26)17(14)24)21(35)33-10-3-5-13(31)11(7-10)22(27,28)29/h2-7H,30-31H2,1H3,(H,32,34)(H,33,35). The lowest BCUT2D eigenvalue weighted by Crippen LogP contribution is -2.23. The van der Waals surface area contributed by atoms with E-state index in [2.05, 4.69) is 0 Å². The molecule has 35 heavy (non-hydrogen) atoms. The first-order chi connectivity index (χ1) is 16.2. The van der Waals surface area contributed by atoms with Crippen molar-refractivity contribution in [1.82, 2.24) is 0 Å². The minimum atomic E-state index is -4.92. The third kappa shape index (κ3) is 4.98. The maximum atomic E-state index is 14.6. The third-order valence-electron chi connectivity index (χ3n) is 4.86. The van der Waals surface area contributed by atoms with E-state index in [4.69, 9.17) is 11.5 Å². The number of aryl methyl sites for hydroxylation is 1. The number of alkyl halides is 3. The van der Waals surface area contributed by atoms with Gasteiger partial charge in [0.25, 0.3) is 11.8 Å². The summed E-state index contributed by atoms with van der Waals surface area (Å²) < 4.78 is 97.2. The summed E-state index contributed by atoms with van der Waals surface area (Å²) in [5.74, 6) is -12.2. The predicted molar refractivity (Wildman–Crippen MR) is 114 cm³/mol. The van der Waals surface area contributed by atoms with Gasteiger partial charge < -0.3 is 22.1 Å². The molecular weight excluding hydrogens is 485 g/mol. The molecule has 0 aliphatic carbocycles. The molecule has 3 rings (SSSR count). The van der Waals surface area contributed by atoms with Gasteiger partial charge in [-0.1, -0.05) is 0 Å². The van der Waals surface area contributed by atoms with E-state index >= 15 is 0 Å². The summed E-state index contributed by atoms with van der Waals surface area (Å²) >= 11 is 0. The third-order valence-corrected chi connectivity index (χ3v) is 4.86. The van der Waals surface area contributed by atoms with Crippen molar-refractivity contribution >= 4 is 34.6 Å². The average Bonchev–Trinajstić information content (AvgIpc) is 2.76. The lowest BCUT2D eigenvalue weighted by Gasteiger charge is -2.14. The molecule has 3 aromatic rings. The van der Waals surface area contributed by atoms with Gasteiger partial charge in [0.1, 0.15) is 11.1 Å². The first-order valence-electron chi connectivity index (χ1n) is 9.53. The van der Waals surface area contributed by atoms with Crippen molar-refractivity contribution in [2.45, 2.75) is 13.1 Å². The molecule has 0 radical (unpaired) electrons. The number of nitrogens with two attached hydrogens (primary N) is 2. The van der Waals surface area contributed by atoms with Gasteiger partial charge in [0.2, 0.25) is 0 Å². The Labute approximate surface area is 192 Å². The molecule has 13 heteroatoms. The van der Waals surface area contributed by atoms with Crippen molar-refractivity contribution < 1.29 is 40.3 Å². The van der Waals surface area contributed by atoms with Gasteiger partial charge in [-0.3, -0.25) is 9.59 Å². The highest BCUT2D eigenvalue weighted by atomic mass is 19.4. The van der Waals surface area contributed by atoms with Crippen LogP contribution in [0.1, 0.15) is 31.8 Å². The van der Waals surface area contributed by atoms with E-state index in [1.54, 1.807) is 12.2 Å². The summed E-state index contributed by atoms with van der Waals surface area (Å²) in [6.45, 7) is 1.57. The normalized spacial score (nSPS) is 11.3. The minimum absolute atomic E-state index is 0.00644. The van der Waals surface area contributed by atoms with Crippen molar-refractivity contribution in [1.29, 1.82) is 0 Å². The molecule has 0 fully saturated rings. The van der Waals surface area contributed by atoms with E-state index in [1.165, 1.54) is 18.2 Å². The number of hydrogen-bond acceptors (Lipinski definition) is 4. The zero-order chi connectivity index (χ0) is 26.2. The van der Waals surface area contributed by atoms with E-state index in [9.17, 15) is 40.3 Å². The van der Waals surface area contributed by atoms with Gasteiger partial charge in [-0.2, -0.15) is 13.2 Å². The average molecular weight is 500 g/mol. The molecular formula is C22H15F7N4O2. The van der Waals surface area contributed by atoms with Crippen LogP contribution in [0.2, 0.25) is 0 Å². The van der Waals surface area contributed by atoms with Crippen LogP contribution in [0.15, 0.2) is 36.4 Å². The van der Waals surface area contributed by atoms with E-state index < -0.39 is 69.3 Å². The molecule has 0 atom stereocenters. The highest BCUT2D eigenvalue weighted by Gasteiger charge is 2.35. The molecule has 0 spiro atoms. The fraction of sp³-hybridized carbons (Fsp3) is 0.0909. The zero-order valence-electron chi connectivity index (χ0n) is 17.6. The van der Waals surface area contributed by atoms with Gasteiger partial charge in [0.05, 0.1) is 5.56 Å². The van der Waals surface area contributed by atoms with E-state index in [0.717, 1.165) is 12.1 Å². The largest absolute Gasteiger partial charge is 0.418 e. The molecule has 6 nitrogen and oxygen atoms in total. The summed E-state index contributed by atoms with van der Waals surface area (Å²) in [5.41, 5.74) is 5.57. The van der Waals surface area contributed by atoms with Crippen molar-refractivity contribution in [2.24, 2.45) is 0 Å². The Morgan fingerprint density at radius 2 is 1.11 bits per heavy atom. The number of hydrogen-bond donors (Lipinski definition) is 4. The van der Waals surface area contributed by atoms with Crippen molar-refractivity contribution in [3.63, 3.8) is 0 Å². The molecule has 3 aromatic carbocycles. The van der Waals surface area contributed by atoms with Gasteiger partial charge in [-0.15, -0.1) is 0 Å². The predicted octanol–water partition coefficient (Wildman–Crippen LogP) is 5.24. The van der Waals surface area contributed by atoms with Crippen LogP contribution in [0.3, 0.4) is 0 Å². The highest BCUT2D eigenvalue weighted by molar-refractivity contribution is 6.08. The molecule has 0 saturated carbocycles. The fourth-order valence-corrected chi connectivity index (χ4v) is 3.05. The Hall–Kier alpha value is -4.29. The second kappa shape index (κ2) is 9.16. The molecule has 0 saturated heterocycles. The number of anilines is 4. The Kier molecular flexibility index (Phi) is 6.63. The molecule has 0 aromatic heterocycles. The monoisotopic (exact) mass is 500 g/mol. The van der Waals surface area contributed by atoms with Gasteiger partial charge >= 0.3 is 6.18 Å². The Morgan fingerprint density at radius 3 is 1.51 bits per heavy atom. The summed E-state index contributed by atoms with van der Waals surface area (Å²) in [6.07, 6.45) is -4.92. The maximum Gasteiger partial charge on any atom is 0.418 e. The van der Waals surface area contributed by atoms with Crippen molar-refractivity contribution in [3.8, 4) is 0 Å². The molecule has 0 bridgehead atoms. The van der Waals surface area contributed by atoms with Gasteiger partial charge in [-0.25, -0.2) is 17.6 Å². The minimum Gasteiger partial charge on any atom is -0.399 e. The molecule has 0 aliphatic heterocycles. The number of carbonyl (C=O) groups excluding carboxylic acids is 2. The molecule has 0 heterocycles. The van der Waals surface area contributed by atoms with Crippen molar-refractivity contribution in [3.05, 3.63) is 81.9 Å². The Morgan fingerprint density at radius 1 is 0.714 bits per heavy atom. The number of amides is 2. The van der Waals surface area contributed by atoms with Crippen LogP contribution in [-0.4, -0.2) is 11.8 Å². The summed E-state index contributed by atoms with van der Waals surface area (Å²) in [6, 6.07) is 5.98. The van der Waals surface area contributed by atoms with Crippen LogP contribution in [-0.2, 0) is 6.18 Å². The number of carbonyl (C=O) groups is 2. The highest BCUT2D eigenvalue weighted by Crippen LogP contribution is 2.35. The lowest BCUT2D eigenvalue weighted by atomic mass is 10.1. The first kappa shape index (κ1) is 25.3. The van der Waals surface area contributed by atoms with Crippen LogP contribution in [0.5, 0.6) is 0 Å². The van der Waals surface area contributed by atoms with Gasteiger partial charge in [0.15, 0.2) is 23.3 Å². The van der Waals surface area contributed by atoms with E-state index in [0.29, 0.717) is 17.3 Å². The van der Waals surface area contributed by atoms with Crippen LogP contribution < -0.4 is 22.1 Å². The quantitative estimate of drug-likeness (QED) is 0.223. The molecule has 184 valence electrons. The van der Waals surface area contributed by atoms with Crippen molar-refractivity contribution in [2.75, 3.05) is 22.1 Å². The first-order valence-corrected chi connectivity index (χ1v) is 9.53. The lowest BCUT2D eigenvalue weighted by molar-refractivity contribution is -0.136. The second-order valence-corrected chi connectivity index (χ2v) is 7.29. The topological polar surface area (TPSA) is 110 Å². The van der Waals surface area contributed by atoms with Crippen LogP contribution in [0.25, 0.3) is 0 Å². The number of rotatable bonds is 4. The van der Waals surface area contributed by atoms with Gasteiger partial charge in [-0.05, 0) is 48.9 Å². The number of nitrogens with one attached hydrogen (secondary N) is 2. The molecule has 0 aliphatic rings. The summed E-state index contributed by atoms with van der Waals surface area (Å²) in [7, 11) is 0. The number of nitrogen functional groups attached to an aromatic ring is 2. The zero-order valence-corrected chi connectivity index (χ0v) is 17.6. The molecule has 0 unspecified atom stereocenters.